The van der Waals surface area contributed by atoms with E-state index in [0.29, 0.717) is 42.7 Å². The molecule has 0 spiro atoms. The fraction of sp³-hybridized carbons (Fsp3) is 0.231. The normalized spacial score (nSPS) is 14.0. The molecule has 3 heterocycles. The first kappa shape index (κ1) is 24.0. The summed E-state index contributed by atoms with van der Waals surface area (Å²) >= 11 is 6.16. The van der Waals surface area contributed by atoms with Crippen molar-refractivity contribution in [3.05, 3.63) is 87.3 Å². The lowest BCUT2D eigenvalue weighted by atomic mass is 10.1. The van der Waals surface area contributed by atoms with Crippen LogP contribution in [0.2, 0.25) is 5.02 Å². The van der Waals surface area contributed by atoms with Gasteiger partial charge in [0.15, 0.2) is 0 Å². The fourth-order valence-electron chi connectivity index (χ4n) is 4.07. The number of rotatable bonds is 6. The van der Waals surface area contributed by atoms with E-state index in [9.17, 15) is 14.9 Å². The smallest absolute Gasteiger partial charge is 0.267 e. The average Bonchev–Trinajstić information content (AvgIpc) is 2.87. The van der Waals surface area contributed by atoms with Crippen LogP contribution in [0.25, 0.3) is 11.7 Å². The quantitative estimate of drug-likeness (QED) is 0.325. The Balaban J connectivity index is 1.75. The van der Waals surface area contributed by atoms with Crippen molar-refractivity contribution in [2.75, 3.05) is 42.5 Å². The molecule has 178 valence electrons. The number of nitriles is 1. The molecule has 1 aromatic carbocycles. The molecule has 0 bridgehead atoms. The summed E-state index contributed by atoms with van der Waals surface area (Å²) in [4.78, 5) is 35.1. The minimum atomic E-state index is -0.571. The molecule has 0 radical (unpaired) electrons. The number of aromatic nitrogens is 2. The third-order valence-electron chi connectivity index (χ3n) is 5.88. The third kappa shape index (κ3) is 5.05. The second-order valence-electron chi connectivity index (χ2n) is 8.16. The van der Waals surface area contributed by atoms with E-state index in [0.717, 1.165) is 11.3 Å². The molecule has 4 rings (SSSR count). The van der Waals surface area contributed by atoms with Crippen LogP contribution in [0.4, 0.5) is 11.5 Å². The second kappa shape index (κ2) is 10.5. The zero-order valence-corrected chi connectivity index (χ0v) is 20.1. The van der Waals surface area contributed by atoms with Gasteiger partial charge in [-0.15, -0.1) is 6.58 Å². The predicted octanol–water partition coefficient (Wildman–Crippen LogP) is 3.19. The van der Waals surface area contributed by atoms with Gasteiger partial charge in [-0.05, 0) is 42.8 Å². The molecule has 1 aliphatic heterocycles. The summed E-state index contributed by atoms with van der Waals surface area (Å²) in [5.41, 5.74) is 2.12. The minimum absolute atomic E-state index is 0.169. The van der Waals surface area contributed by atoms with E-state index in [2.05, 4.69) is 16.8 Å². The van der Waals surface area contributed by atoms with Gasteiger partial charge in [-0.25, -0.2) is 4.98 Å². The van der Waals surface area contributed by atoms with Crippen molar-refractivity contribution in [3.63, 3.8) is 0 Å². The van der Waals surface area contributed by atoms with Gasteiger partial charge in [-0.2, -0.15) is 5.26 Å². The van der Waals surface area contributed by atoms with E-state index in [-0.39, 0.29) is 23.2 Å². The number of carbonyl (C=O) groups is 1. The number of nitrogens with zero attached hydrogens (tertiary/aromatic N) is 5. The van der Waals surface area contributed by atoms with E-state index in [1.54, 1.807) is 12.3 Å². The van der Waals surface area contributed by atoms with E-state index >= 15 is 0 Å². The highest BCUT2D eigenvalue weighted by Crippen LogP contribution is 2.25. The Bertz CT molecular complexity index is 1410. The van der Waals surface area contributed by atoms with Gasteiger partial charge in [0.25, 0.3) is 11.5 Å². The number of aryl methyl sites for hydroxylation is 1. The predicted molar refractivity (Wildman–Crippen MR) is 139 cm³/mol. The number of piperazine rings is 1. The Morgan fingerprint density at radius 1 is 1.23 bits per heavy atom. The van der Waals surface area contributed by atoms with Crippen LogP contribution in [0.5, 0.6) is 0 Å². The van der Waals surface area contributed by atoms with Gasteiger partial charge in [0, 0.05) is 49.6 Å². The lowest BCUT2D eigenvalue weighted by molar-refractivity contribution is -0.116. The maximum Gasteiger partial charge on any atom is 0.267 e. The Kier molecular flexibility index (Phi) is 7.18. The number of amides is 1. The van der Waals surface area contributed by atoms with Crippen molar-refractivity contribution in [1.29, 1.82) is 5.26 Å². The van der Waals surface area contributed by atoms with Gasteiger partial charge in [0.1, 0.15) is 23.1 Å². The molecule has 3 aromatic rings. The zero-order chi connectivity index (χ0) is 24.9. The molecule has 0 aliphatic carbocycles. The summed E-state index contributed by atoms with van der Waals surface area (Å²) < 4.78 is 1.45. The van der Waals surface area contributed by atoms with Gasteiger partial charge in [0.2, 0.25) is 0 Å². The van der Waals surface area contributed by atoms with Crippen molar-refractivity contribution >= 4 is 40.7 Å². The highest BCUT2D eigenvalue weighted by Gasteiger charge is 2.24. The Hall–Kier alpha value is -4.09. The van der Waals surface area contributed by atoms with E-state index < -0.39 is 5.91 Å². The van der Waals surface area contributed by atoms with Gasteiger partial charge >= 0.3 is 0 Å². The summed E-state index contributed by atoms with van der Waals surface area (Å²) in [7, 11) is 0. The lowest BCUT2D eigenvalue weighted by Crippen LogP contribution is -2.47. The molecule has 1 fully saturated rings. The number of benzene rings is 1. The first-order valence-electron chi connectivity index (χ1n) is 11.2. The van der Waals surface area contributed by atoms with Crippen LogP contribution in [0, 0.1) is 18.3 Å². The molecule has 0 saturated carbocycles. The van der Waals surface area contributed by atoms with Crippen molar-refractivity contribution in [1.82, 2.24) is 14.7 Å². The van der Waals surface area contributed by atoms with Crippen LogP contribution in [0.3, 0.4) is 0 Å². The van der Waals surface area contributed by atoms with Crippen molar-refractivity contribution in [2.24, 2.45) is 0 Å². The fourth-order valence-corrected chi connectivity index (χ4v) is 4.25. The summed E-state index contributed by atoms with van der Waals surface area (Å²) in [6.45, 7) is 8.27. The number of carbonyl (C=O) groups excluding carboxylic acids is 1. The maximum absolute atomic E-state index is 13.5. The number of hydrogen-bond acceptors (Lipinski definition) is 6. The first-order valence-corrected chi connectivity index (χ1v) is 11.6. The number of nitrogens with one attached hydrogen (secondary N) is 1. The molecule has 2 aromatic heterocycles. The van der Waals surface area contributed by atoms with Crippen LogP contribution in [0.1, 0.15) is 11.1 Å². The number of pyridine rings is 1. The molecule has 35 heavy (non-hydrogen) atoms. The first-order chi connectivity index (χ1) is 16.9. The molecule has 1 aliphatic rings. The maximum atomic E-state index is 13.5. The highest BCUT2D eigenvalue weighted by molar-refractivity contribution is 6.30. The number of fused-ring (bicyclic) bond motifs is 1. The molecular weight excluding hydrogens is 464 g/mol. The average molecular weight is 489 g/mol. The van der Waals surface area contributed by atoms with Crippen LogP contribution in [-0.2, 0) is 4.79 Å². The van der Waals surface area contributed by atoms with Crippen molar-refractivity contribution in [2.45, 2.75) is 6.92 Å². The Morgan fingerprint density at radius 3 is 2.66 bits per heavy atom. The van der Waals surface area contributed by atoms with Gasteiger partial charge < -0.3 is 15.1 Å². The third-order valence-corrected chi connectivity index (χ3v) is 6.11. The SMILES string of the molecule is C=CCNC(=O)C(C#N)=Cc1c(N2CCN(c3cccc(Cl)c3)CC2)nc2c(C)cccn2c1=O. The monoisotopic (exact) mass is 488 g/mol. The number of halogens is 1. The summed E-state index contributed by atoms with van der Waals surface area (Å²) in [5, 5.41) is 12.9. The zero-order valence-electron chi connectivity index (χ0n) is 19.4. The standard InChI is InChI=1S/C26H25ClN6O2/c1-3-9-29-25(34)19(17-28)15-22-24(30-23-18(2)6-5-10-33(23)26(22)35)32-13-11-31(12-14-32)21-8-4-7-20(27)16-21/h3-8,10,15-16H,1,9,11-14H2,2H3,(H,29,34). The van der Waals surface area contributed by atoms with Crippen LogP contribution >= 0.6 is 11.6 Å². The molecule has 0 atom stereocenters. The molecule has 1 saturated heterocycles. The molecule has 1 N–H and O–H groups in total. The second-order valence-corrected chi connectivity index (χ2v) is 8.60. The van der Waals surface area contributed by atoms with Gasteiger partial charge in [0.05, 0.1) is 5.56 Å². The van der Waals surface area contributed by atoms with E-state index in [1.165, 1.54) is 16.6 Å². The van der Waals surface area contributed by atoms with E-state index in [4.69, 9.17) is 16.6 Å². The summed E-state index contributed by atoms with van der Waals surface area (Å²) in [6.07, 6.45) is 4.49. The number of hydrogen-bond donors (Lipinski definition) is 1. The van der Waals surface area contributed by atoms with Crippen LogP contribution < -0.4 is 20.7 Å². The molecule has 9 heteroatoms. The lowest BCUT2D eigenvalue weighted by Gasteiger charge is -2.37. The van der Waals surface area contributed by atoms with Crippen LogP contribution in [-0.4, -0.2) is 48.0 Å². The van der Waals surface area contributed by atoms with Crippen molar-refractivity contribution in [3.8, 4) is 6.07 Å². The Labute approximate surface area is 208 Å². The summed E-state index contributed by atoms with van der Waals surface area (Å²) in [6, 6.07) is 13.3. The van der Waals surface area contributed by atoms with Gasteiger partial charge in [-0.3, -0.25) is 14.0 Å². The number of anilines is 2. The van der Waals surface area contributed by atoms with Gasteiger partial charge in [-0.1, -0.05) is 29.8 Å². The van der Waals surface area contributed by atoms with Crippen LogP contribution in [0.15, 0.2) is 65.6 Å². The molecular formula is C26H25ClN6O2. The minimum Gasteiger partial charge on any atom is -0.368 e. The summed E-state index contributed by atoms with van der Waals surface area (Å²) in [5.74, 6) is -0.114. The highest BCUT2D eigenvalue weighted by atomic mass is 35.5. The van der Waals surface area contributed by atoms with Crippen molar-refractivity contribution < 1.29 is 4.79 Å². The molecule has 8 nitrogen and oxygen atoms in total. The Morgan fingerprint density at radius 2 is 1.97 bits per heavy atom. The molecule has 0 unspecified atom stereocenters. The largest absolute Gasteiger partial charge is 0.368 e. The molecule has 1 amide bonds. The van der Waals surface area contributed by atoms with E-state index in [1.807, 2.05) is 48.2 Å². The topological polar surface area (TPSA) is 93.7 Å².